The largest absolute Gasteiger partial charge is 0.370 e. The second kappa shape index (κ2) is 6.05. The lowest BCUT2D eigenvalue weighted by atomic mass is 10.2. The first kappa shape index (κ1) is 12.4. The Morgan fingerprint density at radius 1 is 1.31 bits per heavy atom. The summed E-state index contributed by atoms with van der Waals surface area (Å²) in [6.45, 7) is 4.63. The molecule has 3 N–H and O–H groups in total. The molecule has 88 valence electrons. The van der Waals surface area contributed by atoms with Crippen LogP contribution in [0.5, 0.6) is 0 Å². The Bertz CT molecular complexity index is 345. The number of hydrogen-bond donors (Lipinski definition) is 2. The lowest BCUT2D eigenvalue weighted by Crippen LogP contribution is -2.11. The highest BCUT2D eigenvalue weighted by atomic mass is 16.1. The van der Waals surface area contributed by atoms with Gasteiger partial charge in [-0.05, 0) is 32.8 Å². The van der Waals surface area contributed by atoms with Crippen LogP contribution in [0.25, 0.3) is 0 Å². The highest BCUT2D eigenvalue weighted by Crippen LogP contribution is 2.04. The fraction of sp³-hybridized carbons (Fsp3) is 0.545. The number of aryl methyl sites for hydroxylation is 2. The van der Waals surface area contributed by atoms with Gasteiger partial charge in [0.2, 0.25) is 11.9 Å². The summed E-state index contributed by atoms with van der Waals surface area (Å²) in [6.07, 6.45) is 2.13. The molecular weight excluding hydrogens is 204 g/mol. The van der Waals surface area contributed by atoms with E-state index in [1.807, 2.05) is 19.9 Å². The number of hydrogen-bond acceptors (Lipinski definition) is 4. The minimum Gasteiger partial charge on any atom is -0.370 e. The minimum absolute atomic E-state index is 0.248. The fourth-order valence-corrected chi connectivity index (χ4v) is 1.43. The fourth-order valence-electron chi connectivity index (χ4n) is 1.43. The van der Waals surface area contributed by atoms with Gasteiger partial charge in [-0.25, -0.2) is 9.97 Å². The van der Waals surface area contributed by atoms with Gasteiger partial charge in [-0.1, -0.05) is 0 Å². The Kier molecular flexibility index (Phi) is 4.69. The van der Waals surface area contributed by atoms with E-state index in [2.05, 4.69) is 15.3 Å². The van der Waals surface area contributed by atoms with Crippen molar-refractivity contribution in [3.63, 3.8) is 0 Å². The molecule has 1 aromatic heterocycles. The van der Waals surface area contributed by atoms with Crippen LogP contribution in [-0.4, -0.2) is 22.4 Å². The Labute approximate surface area is 95.5 Å². The van der Waals surface area contributed by atoms with Crippen molar-refractivity contribution in [2.75, 3.05) is 11.9 Å². The average Bonchev–Trinajstić information content (AvgIpc) is 2.15. The van der Waals surface area contributed by atoms with Crippen LogP contribution in [0, 0.1) is 13.8 Å². The third-order valence-corrected chi connectivity index (χ3v) is 2.12. The first-order chi connectivity index (χ1) is 7.58. The second-order valence-electron chi connectivity index (χ2n) is 3.82. The van der Waals surface area contributed by atoms with E-state index in [0.29, 0.717) is 12.4 Å². The van der Waals surface area contributed by atoms with Crippen molar-refractivity contribution in [2.45, 2.75) is 33.1 Å². The van der Waals surface area contributed by atoms with Gasteiger partial charge in [0.15, 0.2) is 0 Å². The van der Waals surface area contributed by atoms with Crippen molar-refractivity contribution < 1.29 is 4.79 Å². The zero-order valence-electron chi connectivity index (χ0n) is 9.79. The molecule has 1 heterocycles. The highest BCUT2D eigenvalue weighted by Gasteiger charge is 1.99. The standard InChI is InChI=1S/C11H18N4O/c1-8-7-9(2)15-11(14-8)13-6-4-3-5-10(12)16/h7H,3-6H2,1-2H3,(H2,12,16)(H,13,14,15). The smallest absolute Gasteiger partial charge is 0.223 e. The maximum absolute atomic E-state index is 10.5. The minimum atomic E-state index is -0.248. The van der Waals surface area contributed by atoms with Crippen LogP contribution in [0.15, 0.2) is 6.07 Å². The molecule has 0 aromatic carbocycles. The molecule has 1 aromatic rings. The van der Waals surface area contributed by atoms with Gasteiger partial charge in [0.05, 0.1) is 0 Å². The number of aromatic nitrogens is 2. The topological polar surface area (TPSA) is 80.9 Å². The third-order valence-electron chi connectivity index (χ3n) is 2.12. The van der Waals surface area contributed by atoms with Crippen LogP contribution in [0.4, 0.5) is 5.95 Å². The number of nitrogens with zero attached hydrogens (tertiary/aromatic N) is 2. The molecule has 0 saturated carbocycles. The maximum Gasteiger partial charge on any atom is 0.223 e. The van der Waals surface area contributed by atoms with Crippen molar-refractivity contribution in [3.8, 4) is 0 Å². The van der Waals surface area contributed by atoms with Crippen LogP contribution in [-0.2, 0) is 4.79 Å². The van der Waals surface area contributed by atoms with E-state index in [1.54, 1.807) is 0 Å². The van der Waals surface area contributed by atoms with Crippen molar-refractivity contribution >= 4 is 11.9 Å². The number of nitrogens with one attached hydrogen (secondary N) is 1. The molecule has 16 heavy (non-hydrogen) atoms. The van der Waals surface area contributed by atoms with Crippen LogP contribution in [0.1, 0.15) is 30.7 Å². The molecular formula is C11H18N4O. The molecule has 0 aliphatic rings. The molecule has 0 aliphatic carbocycles. The Hall–Kier alpha value is -1.65. The van der Waals surface area contributed by atoms with E-state index in [4.69, 9.17) is 5.73 Å². The van der Waals surface area contributed by atoms with E-state index >= 15 is 0 Å². The summed E-state index contributed by atoms with van der Waals surface area (Å²) in [5.41, 5.74) is 6.94. The first-order valence-electron chi connectivity index (χ1n) is 5.42. The van der Waals surface area contributed by atoms with E-state index in [0.717, 1.165) is 30.8 Å². The average molecular weight is 222 g/mol. The predicted molar refractivity (Wildman–Crippen MR) is 63.0 cm³/mol. The van der Waals surface area contributed by atoms with Gasteiger partial charge in [0.25, 0.3) is 0 Å². The molecule has 5 heteroatoms. The predicted octanol–water partition coefficient (Wildman–Crippen LogP) is 1.16. The Balaban J connectivity index is 2.29. The number of carbonyl (C=O) groups is 1. The van der Waals surface area contributed by atoms with Gasteiger partial charge in [0, 0.05) is 24.4 Å². The Morgan fingerprint density at radius 3 is 2.50 bits per heavy atom. The van der Waals surface area contributed by atoms with Crippen LogP contribution < -0.4 is 11.1 Å². The summed E-state index contributed by atoms with van der Waals surface area (Å²) in [6, 6.07) is 1.93. The summed E-state index contributed by atoms with van der Waals surface area (Å²) < 4.78 is 0. The van der Waals surface area contributed by atoms with Crippen molar-refractivity contribution in [3.05, 3.63) is 17.5 Å². The second-order valence-corrected chi connectivity index (χ2v) is 3.82. The number of anilines is 1. The lowest BCUT2D eigenvalue weighted by molar-refractivity contribution is -0.118. The number of rotatable bonds is 6. The zero-order chi connectivity index (χ0) is 12.0. The van der Waals surface area contributed by atoms with E-state index < -0.39 is 0 Å². The summed E-state index contributed by atoms with van der Waals surface area (Å²) in [5.74, 6) is 0.402. The molecule has 0 spiro atoms. The van der Waals surface area contributed by atoms with E-state index in [9.17, 15) is 4.79 Å². The van der Waals surface area contributed by atoms with Crippen molar-refractivity contribution in [2.24, 2.45) is 5.73 Å². The number of amides is 1. The third kappa shape index (κ3) is 4.72. The first-order valence-corrected chi connectivity index (χ1v) is 5.42. The summed E-state index contributed by atoms with van der Waals surface area (Å²) in [4.78, 5) is 19.0. The van der Waals surface area contributed by atoms with Gasteiger partial charge < -0.3 is 11.1 Å². The van der Waals surface area contributed by atoms with Gasteiger partial charge in [0.1, 0.15) is 0 Å². The molecule has 1 amide bonds. The highest BCUT2D eigenvalue weighted by molar-refractivity contribution is 5.73. The number of nitrogens with two attached hydrogens (primary N) is 1. The van der Waals surface area contributed by atoms with Gasteiger partial charge >= 0.3 is 0 Å². The van der Waals surface area contributed by atoms with Crippen molar-refractivity contribution in [1.29, 1.82) is 0 Å². The van der Waals surface area contributed by atoms with Gasteiger partial charge in [-0.3, -0.25) is 4.79 Å². The lowest BCUT2D eigenvalue weighted by Gasteiger charge is -2.05. The van der Waals surface area contributed by atoms with Gasteiger partial charge in [-0.15, -0.1) is 0 Å². The van der Waals surface area contributed by atoms with Crippen LogP contribution in [0.2, 0.25) is 0 Å². The molecule has 1 rings (SSSR count). The number of primary amides is 1. The molecule has 0 fully saturated rings. The van der Waals surface area contributed by atoms with E-state index in [1.165, 1.54) is 0 Å². The summed E-state index contributed by atoms with van der Waals surface area (Å²) >= 11 is 0. The maximum atomic E-state index is 10.5. The summed E-state index contributed by atoms with van der Waals surface area (Å²) in [5, 5.41) is 3.13. The number of carbonyl (C=O) groups excluding carboxylic acids is 1. The van der Waals surface area contributed by atoms with Crippen molar-refractivity contribution in [1.82, 2.24) is 9.97 Å². The van der Waals surface area contributed by atoms with Gasteiger partial charge in [-0.2, -0.15) is 0 Å². The molecule has 0 atom stereocenters. The van der Waals surface area contributed by atoms with Crippen LogP contribution >= 0.6 is 0 Å². The zero-order valence-corrected chi connectivity index (χ0v) is 9.79. The molecule has 0 bridgehead atoms. The SMILES string of the molecule is Cc1cc(C)nc(NCCCCC(N)=O)n1. The van der Waals surface area contributed by atoms with E-state index in [-0.39, 0.29) is 5.91 Å². The molecule has 0 saturated heterocycles. The summed E-state index contributed by atoms with van der Waals surface area (Å²) in [7, 11) is 0. The Morgan fingerprint density at radius 2 is 1.94 bits per heavy atom. The molecule has 5 nitrogen and oxygen atoms in total. The molecule has 0 aliphatic heterocycles. The molecule has 0 radical (unpaired) electrons. The quantitative estimate of drug-likeness (QED) is 0.708. The molecule has 0 unspecified atom stereocenters. The number of unbranched alkanes of at least 4 members (excludes halogenated alkanes) is 1. The van der Waals surface area contributed by atoms with Crippen LogP contribution in [0.3, 0.4) is 0 Å². The monoisotopic (exact) mass is 222 g/mol. The normalized spacial score (nSPS) is 10.1.